The van der Waals surface area contributed by atoms with Gasteiger partial charge in [0, 0.05) is 57.2 Å². The molecule has 0 unspecified atom stereocenters. The highest BCUT2D eigenvalue weighted by Crippen LogP contribution is 2.37. The normalized spacial score (nSPS) is 29.5. The second-order valence-corrected chi connectivity index (χ2v) is 13.5. The summed E-state index contributed by atoms with van der Waals surface area (Å²) in [7, 11) is 0. The van der Waals surface area contributed by atoms with Crippen LogP contribution in [-0.4, -0.2) is 67.9 Å². The molecule has 5 heterocycles. The summed E-state index contributed by atoms with van der Waals surface area (Å²) < 4.78 is 1.41. The molecule has 0 aromatic carbocycles. The molecule has 2 aromatic rings. The molecule has 0 saturated carbocycles. The molecule has 3 aliphatic rings. The van der Waals surface area contributed by atoms with Crippen molar-refractivity contribution in [1.82, 2.24) is 29.7 Å². The van der Waals surface area contributed by atoms with E-state index in [-0.39, 0.29) is 29.5 Å². The van der Waals surface area contributed by atoms with Crippen LogP contribution in [0.1, 0.15) is 83.3 Å². The van der Waals surface area contributed by atoms with Crippen LogP contribution in [0.25, 0.3) is 4.96 Å². The van der Waals surface area contributed by atoms with Crippen LogP contribution < -0.4 is 10.9 Å². The van der Waals surface area contributed by atoms with Crippen LogP contribution in [0.15, 0.2) is 10.9 Å². The zero-order chi connectivity index (χ0) is 27.7. The third-order valence-corrected chi connectivity index (χ3v) is 9.99. The van der Waals surface area contributed by atoms with Crippen molar-refractivity contribution >= 4 is 28.1 Å². The van der Waals surface area contributed by atoms with E-state index in [2.05, 4.69) is 41.0 Å². The molecule has 2 amide bonds. The van der Waals surface area contributed by atoms with Gasteiger partial charge in [-0.05, 0) is 62.2 Å². The van der Waals surface area contributed by atoms with Gasteiger partial charge in [0.15, 0.2) is 0 Å². The Labute approximate surface area is 235 Å². The van der Waals surface area contributed by atoms with Crippen molar-refractivity contribution in [3.8, 4) is 0 Å². The van der Waals surface area contributed by atoms with Crippen LogP contribution in [0.3, 0.4) is 0 Å². The summed E-state index contributed by atoms with van der Waals surface area (Å²) >= 11 is 1.48. The van der Waals surface area contributed by atoms with Crippen molar-refractivity contribution < 1.29 is 9.59 Å². The Kier molecular flexibility index (Phi) is 8.71. The number of piperidine rings is 2. The second-order valence-electron chi connectivity index (χ2n) is 12.5. The number of hydrogen-bond acceptors (Lipinski definition) is 7. The minimum Gasteiger partial charge on any atom is -0.353 e. The number of rotatable bonds is 4. The van der Waals surface area contributed by atoms with Crippen molar-refractivity contribution in [2.75, 3.05) is 19.6 Å². The van der Waals surface area contributed by atoms with Gasteiger partial charge in [0.1, 0.15) is 5.01 Å². The molecule has 214 valence electrons. The SMILES string of the molecule is CCc1nn2c(=O)cc(CN3C[C@@H]4C[C@H](C3)[C@@H]3CCCC(=O)N[C@H](C(C)C)CC[C@@H](C)CC(=O)N3C4)nc2s1. The fourth-order valence-corrected chi connectivity index (χ4v) is 7.75. The van der Waals surface area contributed by atoms with Crippen molar-refractivity contribution in [2.45, 2.75) is 97.7 Å². The number of nitrogens with one attached hydrogen (secondary N) is 1. The van der Waals surface area contributed by atoms with Crippen LogP contribution in [0.2, 0.25) is 0 Å². The Morgan fingerprint density at radius 3 is 2.72 bits per heavy atom. The number of carbonyl (C=O) groups is 2. The lowest BCUT2D eigenvalue weighted by Gasteiger charge is -2.51. The van der Waals surface area contributed by atoms with Crippen LogP contribution >= 0.6 is 11.3 Å². The molecule has 9 nitrogen and oxygen atoms in total. The number of likely N-dealkylation sites (tertiary alicyclic amines) is 1. The molecule has 0 spiro atoms. The average Bonchev–Trinajstić information content (AvgIpc) is 3.31. The molecule has 0 aliphatic carbocycles. The fourth-order valence-electron chi connectivity index (χ4n) is 6.89. The van der Waals surface area contributed by atoms with Gasteiger partial charge in [-0.25, -0.2) is 4.98 Å². The lowest BCUT2D eigenvalue weighted by molar-refractivity contribution is -0.142. The number of aromatic nitrogens is 3. The number of hydrogen-bond donors (Lipinski definition) is 1. The number of fused-ring (bicyclic) bond motifs is 5. The lowest BCUT2D eigenvalue weighted by Crippen LogP contribution is -2.59. The Balaban J connectivity index is 1.31. The molecule has 2 bridgehead atoms. The molecule has 0 radical (unpaired) electrons. The largest absolute Gasteiger partial charge is 0.353 e. The summed E-state index contributed by atoms with van der Waals surface area (Å²) in [6.07, 6.45) is 6.52. The lowest BCUT2D eigenvalue weighted by atomic mass is 9.77. The topological polar surface area (TPSA) is 99.9 Å². The van der Waals surface area contributed by atoms with Crippen molar-refractivity contribution in [3.05, 3.63) is 27.1 Å². The van der Waals surface area contributed by atoms with Gasteiger partial charge < -0.3 is 10.2 Å². The molecule has 5 atom stereocenters. The van der Waals surface area contributed by atoms with E-state index in [0.717, 1.165) is 68.9 Å². The van der Waals surface area contributed by atoms with Crippen molar-refractivity contribution in [2.24, 2.45) is 23.7 Å². The van der Waals surface area contributed by atoms with Crippen LogP contribution in [0.5, 0.6) is 0 Å². The zero-order valence-corrected chi connectivity index (χ0v) is 24.7. The first kappa shape index (κ1) is 28.2. The van der Waals surface area contributed by atoms with Crippen molar-refractivity contribution in [3.63, 3.8) is 0 Å². The summed E-state index contributed by atoms with van der Waals surface area (Å²) in [6.45, 7) is 11.7. The molecule has 3 fully saturated rings. The number of nitrogens with zero attached hydrogens (tertiary/aromatic N) is 5. The molecule has 5 rings (SSSR count). The van der Waals surface area contributed by atoms with Crippen LogP contribution in [-0.2, 0) is 22.6 Å². The van der Waals surface area contributed by atoms with Crippen LogP contribution in [0, 0.1) is 23.7 Å². The smallest absolute Gasteiger partial charge is 0.275 e. The first-order chi connectivity index (χ1) is 18.7. The maximum Gasteiger partial charge on any atom is 0.275 e. The third-order valence-electron chi connectivity index (χ3n) is 8.94. The molecular formula is C29H44N6O3S. The van der Waals surface area contributed by atoms with Crippen LogP contribution in [0.4, 0.5) is 0 Å². The molecular weight excluding hydrogens is 512 g/mol. The predicted octanol–water partition coefficient (Wildman–Crippen LogP) is 3.49. The number of amides is 2. The summed E-state index contributed by atoms with van der Waals surface area (Å²) in [4.78, 5) is 49.1. The molecule has 3 aliphatic heterocycles. The van der Waals surface area contributed by atoms with Gasteiger partial charge in [0.25, 0.3) is 5.56 Å². The first-order valence-electron chi connectivity index (χ1n) is 14.9. The Morgan fingerprint density at radius 1 is 1.13 bits per heavy atom. The second kappa shape index (κ2) is 12.0. The molecule has 3 saturated heterocycles. The van der Waals surface area contributed by atoms with Gasteiger partial charge in [-0.1, -0.05) is 39.0 Å². The Morgan fingerprint density at radius 2 is 1.95 bits per heavy atom. The minimum absolute atomic E-state index is 0.123. The van der Waals surface area contributed by atoms with E-state index in [4.69, 9.17) is 4.98 Å². The van der Waals surface area contributed by atoms with E-state index < -0.39 is 0 Å². The number of aryl methyl sites for hydroxylation is 1. The van der Waals surface area contributed by atoms with Crippen molar-refractivity contribution in [1.29, 1.82) is 0 Å². The number of carbonyl (C=O) groups excluding carboxylic acids is 2. The van der Waals surface area contributed by atoms with Gasteiger partial charge >= 0.3 is 0 Å². The van der Waals surface area contributed by atoms with Gasteiger partial charge in [-0.15, -0.1) is 0 Å². The van der Waals surface area contributed by atoms with E-state index in [0.29, 0.717) is 48.0 Å². The summed E-state index contributed by atoms with van der Waals surface area (Å²) in [5, 5.41) is 8.56. The summed E-state index contributed by atoms with van der Waals surface area (Å²) in [5.74, 6) is 1.90. The fraction of sp³-hybridized carbons (Fsp3) is 0.759. The van der Waals surface area contributed by atoms with E-state index in [1.54, 1.807) is 6.07 Å². The summed E-state index contributed by atoms with van der Waals surface area (Å²) in [6, 6.07) is 1.95. The predicted molar refractivity (Wildman–Crippen MR) is 153 cm³/mol. The summed E-state index contributed by atoms with van der Waals surface area (Å²) in [5.41, 5.74) is 0.668. The molecule has 2 aromatic heterocycles. The van der Waals surface area contributed by atoms with E-state index in [9.17, 15) is 14.4 Å². The van der Waals surface area contributed by atoms with Gasteiger partial charge in [-0.2, -0.15) is 9.61 Å². The van der Waals surface area contributed by atoms with Gasteiger partial charge in [0.2, 0.25) is 16.8 Å². The maximum atomic E-state index is 13.6. The average molecular weight is 557 g/mol. The third kappa shape index (κ3) is 6.53. The van der Waals surface area contributed by atoms with Gasteiger partial charge in [-0.3, -0.25) is 19.3 Å². The monoisotopic (exact) mass is 556 g/mol. The quantitative estimate of drug-likeness (QED) is 0.619. The molecule has 39 heavy (non-hydrogen) atoms. The first-order valence-corrected chi connectivity index (χ1v) is 15.7. The molecule has 1 N–H and O–H groups in total. The highest BCUT2D eigenvalue weighted by Gasteiger charge is 2.42. The van der Waals surface area contributed by atoms with E-state index in [1.807, 2.05) is 6.92 Å². The van der Waals surface area contributed by atoms with E-state index in [1.165, 1.54) is 15.9 Å². The van der Waals surface area contributed by atoms with E-state index >= 15 is 0 Å². The zero-order valence-electron chi connectivity index (χ0n) is 23.9. The molecule has 10 heteroatoms. The highest BCUT2D eigenvalue weighted by molar-refractivity contribution is 7.16. The highest BCUT2D eigenvalue weighted by atomic mass is 32.1. The Bertz CT molecular complexity index is 1240. The maximum absolute atomic E-state index is 13.6. The minimum atomic E-state index is -0.123. The van der Waals surface area contributed by atoms with Gasteiger partial charge in [0.05, 0.1) is 5.69 Å². The standard InChI is InChI=1S/C29H44N6O3S/c1-5-26-32-35-28(38)13-22(30-29(35)39-26)17-33-14-20-12-21(16-33)24-7-6-8-25(36)31-23(18(2)3)10-9-19(4)11-27(37)34(24)15-20/h13,18-21,23-24H,5-12,14-17H2,1-4H3,(H,31,36)/t19-,20+,21-,23+,24+/m1/s1. The Hall–Kier alpha value is -2.33.